The molecule has 1 N–H and O–H groups in total. The third-order valence-electron chi connectivity index (χ3n) is 6.00. The van der Waals surface area contributed by atoms with Gasteiger partial charge in [-0.2, -0.15) is 4.57 Å². The number of hydrogen-bond donors (Lipinski definition) is 1. The van der Waals surface area contributed by atoms with Crippen LogP contribution in [-0.4, -0.2) is 16.6 Å². The lowest BCUT2D eigenvalue weighted by molar-refractivity contribution is -0.776. The number of nitro groups is 1. The average molecular weight is 422 g/mol. The molecule has 2 unspecified atom stereocenters. The lowest BCUT2D eigenvalue weighted by Gasteiger charge is -2.13. The summed E-state index contributed by atoms with van der Waals surface area (Å²) in [5.41, 5.74) is 1.05. The molecule has 0 aliphatic carbocycles. The minimum absolute atomic E-state index is 0.221. The fourth-order valence-corrected chi connectivity index (χ4v) is 4.07. The van der Waals surface area contributed by atoms with Crippen molar-refractivity contribution >= 4 is 0 Å². The number of aromatic nitrogens is 1. The molecule has 0 bridgehead atoms. The zero-order chi connectivity index (χ0) is 22.0. The summed E-state index contributed by atoms with van der Waals surface area (Å²) >= 11 is 0. The van der Waals surface area contributed by atoms with Crippen LogP contribution in [-0.2, 0) is 6.42 Å². The maximum Gasteiger partial charge on any atom is 0.269 e. The lowest BCUT2D eigenvalue weighted by Crippen LogP contribution is -2.47. The summed E-state index contributed by atoms with van der Waals surface area (Å²) in [6, 6.07) is 5.86. The molecule has 1 rings (SSSR count). The van der Waals surface area contributed by atoms with Gasteiger partial charge >= 0.3 is 0 Å². The zero-order valence-corrected chi connectivity index (χ0v) is 19.4. The third-order valence-corrected chi connectivity index (χ3v) is 6.00. The number of aliphatic hydroxyl groups is 1. The van der Waals surface area contributed by atoms with E-state index in [1.54, 1.807) is 11.5 Å². The Hall–Kier alpha value is -1.49. The van der Waals surface area contributed by atoms with E-state index in [9.17, 15) is 15.2 Å². The van der Waals surface area contributed by atoms with Crippen LogP contribution in [0.2, 0.25) is 0 Å². The van der Waals surface area contributed by atoms with E-state index >= 15 is 0 Å². The predicted molar refractivity (Wildman–Crippen MR) is 123 cm³/mol. The van der Waals surface area contributed by atoms with Crippen LogP contribution in [0.3, 0.4) is 0 Å². The summed E-state index contributed by atoms with van der Waals surface area (Å²) in [5, 5.41) is 21.2. The van der Waals surface area contributed by atoms with Crippen molar-refractivity contribution < 1.29 is 14.6 Å². The van der Waals surface area contributed by atoms with Gasteiger partial charge in [0.15, 0.2) is 11.9 Å². The quantitative estimate of drug-likeness (QED) is 0.122. The number of aryl methyl sites for hydroxylation is 1. The largest absolute Gasteiger partial charge is 0.336 e. The maximum absolute atomic E-state index is 10.7. The van der Waals surface area contributed by atoms with E-state index in [1.807, 2.05) is 24.4 Å². The Morgan fingerprint density at radius 3 is 1.90 bits per heavy atom. The van der Waals surface area contributed by atoms with Crippen LogP contribution in [0.5, 0.6) is 0 Å². The average Bonchev–Trinajstić information content (AvgIpc) is 2.73. The summed E-state index contributed by atoms with van der Waals surface area (Å²) in [6.45, 7) is 3.77. The molecule has 0 aliphatic heterocycles. The Bertz CT molecular complexity index is 565. The number of pyridine rings is 1. The van der Waals surface area contributed by atoms with Gasteiger partial charge in [0.1, 0.15) is 5.92 Å². The first kappa shape index (κ1) is 26.5. The van der Waals surface area contributed by atoms with E-state index in [0.29, 0.717) is 0 Å². The van der Waals surface area contributed by atoms with E-state index < -0.39 is 12.1 Å². The van der Waals surface area contributed by atoms with Crippen molar-refractivity contribution in [1.29, 1.82) is 0 Å². The molecule has 0 aliphatic rings. The van der Waals surface area contributed by atoms with Gasteiger partial charge in [-0.25, -0.2) is 0 Å². The molecule has 1 aromatic rings. The second kappa shape index (κ2) is 17.2. The van der Waals surface area contributed by atoms with Crippen molar-refractivity contribution in [2.24, 2.45) is 5.92 Å². The molecule has 0 amide bonds. The Kier molecular flexibility index (Phi) is 15.2. The second-order valence-corrected chi connectivity index (χ2v) is 8.85. The highest BCUT2D eigenvalue weighted by Crippen LogP contribution is 2.14. The number of unbranched alkanes of at least 4 members (excludes halogenated alkanes) is 13. The minimum Gasteiger partial charge on any atom is -0.336 e. The minimum atomic E-state index is -0.849. The van der Waals surface area contributed by atoms with E-state index in [2.05, 4.69) is 6.92 Å². The number of rotatable bonds is 19. The smallest absolute Gasteiger partial charge is 0.269 e. The van der Waals surface area contributed by atoms with Crippen molar-refractivity contribution in [1.82, 2.24) is 0 Å². The van der Waals surface area contributed by atoms with Gasteiger partial charge in [-0.1, -0.05) is 96.5 Å². The highest BCUT2D eigenvalue weighted by atomic mass is 16.6. The van der Waals surface area contributed by atoms with Crippen LogP contribution in [0.25, 0.3) is 0 Å². The van der Waals surface area contributed by atoms with Gasteiger partial charge in [-0.05, 0) is 13.3 Å². The first-order valence-electron chi connectivity index (χ1n) is 12.3. The first-order valence-corrected chi connectivity index (χ1v) is 12.3. The second-order valence-electron chi connectivity index (χ2n) is 8.85. The van der Waals surface area contributed by atoms with Crippen molar-refractivity contribution in [3.05, 3.63) is 40.2 Å². The number of aliphatic hydroxyl groups excluding tert-OH is 1. The molecular formula is C25H45N2O3+. The summed E-state index contributed by atoms with van der Waals surface area (Å²) < 4.78 is 1.80. The molecule has 0 saturated carbocycles. The molecule has 172 valence electrons. The molecule has 0 radical (unpaired) electrons. The van der Waals surface area contributed by atoms with Crippen molar-refractivity contribution in [3.63, 3.8) is 0 Å². The fourth-order valence-electron chi connectivity index (χ4n) is 4.07. The zero-order valence-electron chi connectivity index (χ0n) is 19.4. The van der Waals surface area contributed by atoms with Gasteiger partial charge in [-0.3, -0.25) is 10.1 Å². The predicted octanol–water partition coefficient (Wildman–Crippen LogP) is 6.40. The van der Waals surface area contributed by atoms with Crippen molar-refractivity contribution in [2.45, 2.75) is 116 Å². The summed E-state index contributed by atoms with van der Waals surface area (Å²) in [4.78, 5) is 10.4. The Morgan fingerprint density at radius 1 is 0.900 bits per heavy atom. The van der Waals surface area contributed by atoms with Gasteiger partial charge in [-0.15, -0.1) is 0 Å². The van der Waals surface area contributed by atoms with E-state index in [-0.39, 0.29) is 11.5 Å². The van der Waals surface area contributed by atoms with E-state index in [0.717, 1.165) is 18.5 Å². The Morgan fingerprint density at radius 2 is 1.40 bits per heavy atom. The van der Waals surface area contributed by atoms with Crippen molar-refractivity contribution in [3.8, 4) is 0 Å². The van der Waals surface area contributed by atoms with E-state index in [1.165, 1.54) is 83.5 Å². The monoisotopic (exact) mass is 421 g/mol. The molecule has 0 spiro atoms. The topological polar surface area (TPSA) is 67.2 Å². The molecule has 1 heterocycles. The normalized spacial score (nSPS) is 13.3. The molecule has 5 heteroatoms. The standard InChI is InChI=1S/C25H45N2O3/c1-3-4-5-6-7-8-9-10-11-12-13-14-15-16-19-24-20-17-18-21-26(24)25(28)23(2)22-27(29)30/h17-18,20-21,23,25,28H,3-16,19,22H2,1-2H3/q+1. The van der Waals surface area contributed by atoms with Crippen LogP contribution in [0, 0.1) is 16.0 Å². The highest BCUT2D eigenvalue weighted by molar-refractivity contribution is 4.97. The summed E-state index contributed by atoms with van der Waals surface area (Å²) in [6.07, 6.45) is 20.6. The summed E-state index contributed by atoms with van der Waals surface area (Å²) in [7, 11) is 0. The van der Waals surface area contributed by atoms with Gasteiger partial charge in [0.2, 0.25) is 6.54 Å². The molecule has 0 fully saturated rings. The number of hydrogen-bond acceptors (Lipinski definition) is 3. The fraction of sp³-hybridized carbons (Fsp3) is 0.800. The van der Waals surface area contributed by atoms with Gasteiger partial charge in [0, 0.05) is 23.5 Å². The van der Waals surface area contributed by atoms with Gasteiger partial charge in [0.25, 0.3) is 6.23 Å². The Balaban J connectivity index is 2.11. The van der Waals surface area contributed by atoms with E-state index in [4.69, 9.17) is 0 Å². The van der Waals surface area contributed by atoms with Crippen LogP contribution in [0.15, 0.2) is 24.4 Å². The highest BCUT2D eigenvalue weighted by Gasteiger charge is 2.29. The van der Waals surface area contributed by atoms with Crippen LogP contribution < -0.4 is 4.57 Å². The number of nitrogens with zero attached hydrogens (tertiary/aromatic N) is 2. The van der Waals surface area contributed by atoms with Crippen LogP contribution in [0.1, 0.15) is 116 Å². The molecule has 2 atom stereocenters. The van der Waals surface area contributed by atoms with Gasteiger partial charge < -0.3 is 5.11 Å². The maximum atomic E-state index is 10.7. The molecule has 30 heavy (non-hydrogen) atoms. The van der Waals surface area contributed by atoms with Crippen molar-refractivity contribution in [2.75, 3.05) is 6.54 Å². The SMILES string of the molecule is CCCCCCCCCCCCCCCCc1cccc[n+]1C(O)C(C)C[N+](=O)[O-]. The molecule has 1 aromatic heterocycles. The third kappa shape index (κ3) is 12.3. The van der Waals surface area contributed by atoms with Crippen LogP contribution in [0.4, 0.5) is 0 Å². The Labute approximate surface area is 184 Å². The molecule has 5 nitrogen and oxygen atoms in total. The molecule has 0 aromatic carbocycles. The van der Waals surface area contributed by atoms with Gasteiger partial charge in [0.05, 0.1) is 0 Å². The van der Waals surface area contributed by atoms with Crippen LogP contribution >= 0.6 is 0 Å². The molecular weight excluding hydrogens is 376 g/mol. The first-order chi connectivity index (χ1) is 14.6. The summed E-state index contributed by atoms with van der Waals surface area (Å²) in [5.74, 6) is -0.414. The molecule has 0 saturated heterocycles. The lowest BCUT2D eigenvalue weighted by atomic mass is 10.0.